The highest BCUT2D eigenvalue weighted by atomic mass is 32.1. The molecule has 33 heavy (non-hydrogen) atoms. The van der Waals surface area contributed by atoms with Crippen LogP contribution in [0.5, 0.6) is 0 Å². The van der Waals surface area contributed by atoms with Crippen LogP contribution in [0.3, 0.4) is 0 Å². The van der Waals surface area contributed by atoms with E-state index >= 15 is 0 Å². The summed E-state index contributed by atoms with van der Waals surface area (Å²) in [4.78, 5) is 11.3. The predicted octanol–water partition coefficient (Wildman–Crippen LogP) is 6.86. The van der Waals surface area contributed by atoms with Crippen molar-refractivity contribution in [3.05, 3.63) is 78.6 Å². The van der Waals surface area contributed by atoms with Crippen molar-refractivity contribution in [3.63, 3.8) is 0 Å². The Balaban J connectivity index is 1.53. The third-order valence-corrected chi connectivity index (χ3v) is 7.24. The van der Waals surface area contributed by atoms with Crippen molar-refractivity contribution in [3.8, 4) is 27.8 Å². The van der Waals surface area contributed by atoms with Crippen LogP contribution < -0.4 is 0 Å². The van der Waals surface area contributed by atoms with Gasteiger partial charge in [0.1, 0.15) is 10.5 Å². The Hall–Kier alpha value is -4.08. The molecule has 2 aromatic carbocycles. The molecular weight excluding hydrogens is 426 g/mol. The Labute approximate surface area is 194 Å². The van der Waals surface area contributed by atoms with Gasteiger partial charge >= 0.3 is 0 Å². The first kappa shape index (κ1) is 19.6. The van der Waals surface area contributed by atoms with E-state index in [0.717, 1.165) is 54.4 Å². The largest absolute Gasteiger partial charge is 0.276 e. The minimum Gasteiger partial charge on any atom is -0.276 e. The fourth-order valence-corrected chi connectivity index (χ4v) is 5.19. The molecule has 0 bridgehead atoms. The number of aromatic nitrogens is 4. The van der Waals surface area contributed by atoms with Gasteiger partial charge in [-0.05, 0) is 49.2 Å². The molecule has 6 rings (SSSR count). The van der Waals surface area contributed by atoms with Gasteiger partial charge in [0, 0.05) is 32.8 Å². The number of aromatic amines is 1. The number of fused-ring (bicyclic) bond motifs is 4. The SMILES string of the molecule is CC(C)(C#N)c1ccc(-c2n[nH]c3cnc4ccc(-c5cc6cccnc6s5)cc4c23)cc1. The Bertz CT molecular complexity index is 1670. The van der Waals surface area contributed by atoms with Gasteiger partial charge in [0.15, 0.2) is 0 Å². The third-order valence-electron chi connectivity index (χ3n) is 6.13. The maximum Gasteiger partial charge on any atom is 0.123 e. The maximum atomic E-state index is 9.45. The van der Waals surface area contributed by atoms with Crippen LogP contribution in [0.2, 0.25) is 0 Å². The van der Waals surface area contributed by atoms with Gasteiger partial charge in [-0.3, -0.25) is 10.1 Å². The van der Waals surface area contributed by atoms with Crippen LogP contribution in [0, 0.1) is 11.3 Å². The van der Waals surface area contributed by atoms with Crippen molar-refractivity contribution in [1.82, 2.24) is 20.2 Å². The molecule has 0 amide bonds. The molecule has 0 atom stereocenters. The summed E-state index contributed by atoms with van der Waals surface area (Å²) >= 11 is 1.69. The van der Waals surface area contributed by atoms with Crippen LogP contribution in [-0.4, -0.2) is 20.2 Å². The zero-order valence-electron chi connectivity index (χ0n) is 18.1. The van der Waals surface area contributed by atoms with Crippen molar-refractivity contribution < 1.29 is 0 Å². The molecule has 158 valence electrons. The van der Waals surface area contributed by atoms with Crippen LogP contribution in [0.4, 0.5) is 0 Å². The first-order valence-corrected chi connectivity index (χ1v) is 11.5. The Kier molecular flexibility index (Phi) is 4.29. The van der Waals surface area contributed by atoms with Gasteiger partial charge in [0.2, 0.25) is 0 Å². The highest BCUT2D eigenvalue weighted by Gasteiger charge is 2.20. The van der Waals surface area contributed by atoms with Crippen molar-refractivity contribution >= 4 is 43.4 Å². The second-order valence-corrected chi connectivity index (χ2v) is 9.70. The van der Waals surface area contributed by atoms with Crippen molar-refractivity contribution in [2.75, 3.05) is 0 Å². The molecule has 0 aliphatic heterocycles. The lowest BCUT2D eigenvalue weighted by Gasteiger charge is -2.15. The minimum absolute atomic E-state index is 0.531. The van der Waals surface area contributed by atoms with Crippen molar-refractivity contribution in [2.45, 2.75) is 19.3 Å². The van der Waals surface area contributed by atoms with E-state index in [1.165, 1.54) is 4.88 Å². The van der Waals surface area contributed by atoms with Gasteiger partial charge in [-0.15, -0.1) is 11.3 Å². The molecule has 1 N–H and O–H groups in total. The smallest absolute Gasteiger partial charge is 0.123 e. The van der Waals surface area contributed by atoms with Gasteiger partial charge in [-0.1, -0.05) is 36.4 Å². The van der Waals surface area contributed by atoms with E-state index < -0.39 is 5.41 Å². The number of hydrogen-bond donors (Lipinski definition) is 1. The van der Waals surface area contributed by atoms with Crippen LogP contribution in [0.15, 0.2) is 73.1 Å². The summed E-state index contributed by atoms with van der Waals surface area (Å²) in [5.41, 5.74) is 5.30. The molecule has 4 heterocycles. The quantitative estimate of drug-likeness (QED) is 0.323. The van der Waals surface area contributed by atoms with E-state index in [2.05, 4.69) is 56.6 Å². The molecule has 0 unspecified atom stereocenters. The number of H-pyrrole nitrogens is 1. The third kappa shape index (κ3) is 3.17. The van der Waals surface area contributed by atoms with Crippen molar-refractivity contribution in [2.24, 2.45) is 0 Å². The van der Waals surface area contributed by atoms with Crippen LogP contribution in [-0.2, 0) is 5.41 Å². The zero-order chi connectivity index (χ0) is 22.6. The van der Waals surface area contributed by atoms with Gasteiger partial charge in [-0.2, -0.15) is 10.4 Å². The molecule has 5 nitrogen and oxygen atoms in total. The zero-order valence-corrected chi connectivity index (χ0v) is 18.9. The summed E-state index contributed by atoms with van der Waals surface area (Å²) in [6.45, 7) is 3.85. The molecule has 0 aliphatic carbocycles. The fraction of sp³-hybridized carbons (Fsp3) is 0.111. The summed E-state index contributed by atoms with van der Waals surface area (Å²) in [5, 5.41) is 20.5. The minimum atomic E-state index is -0.531. The lowest BCUT2D eigenvalue weighted by atomic mass is 9.86. The van der Waals surface area contributed by atoms with Crippen LogP contribution >= 0.6 is 11.3 Å². The van der Waals surface area contributed by atoms with Gasteiger partial charge in [0.05, 0.1) is 28.7 Å². The molecular formula is C27H19N5S. The summed E-state index contributed by atoms with van der Waals surface area (Å²) in [7, 11) is 0. The first-order chi connectivity index (χ1) is 16.0. The standard InChI is InChI=1S/C27H19N5S/c1-27(2,15-28)19-8-5-16(6-9-19)25-24-20-12-17(7-10-21(20)30-14-22(24)31-32-25)23-13-18-4-3-11-29-26(18)33-23/h3-14H,1-2H3,(H,31,32). The summed E-state index contributed by atoms with van der Waals surface area (Å²) in [6, 6.07) is 23.1. The number of pyridine rings is 2. The lowest BCUT2D eigenvalue weighted by molar-refractivity contribution is 0.687. The maximum absolute atomic E-state index is 9.45. The van der Waals surface area contributed by atoms with Gasteiger partial charge in [-0.25, -0.2) is 4.98 Å². The molecule has 0 spiro atoms. The van der Waals surface area contributed by atoms with E-state index in [1.807, 2.05) is 56.6 Å². The number of nitrogens with one attached hydrogen (secondary N) is 1. The van der Waals surface area contributed by atoms with Crippen LogP contribution in [0.25, 0.3) is 53.7 Å². The fourth-order valence-electron chi connectivity index (χ4n) is 4.19. The average Bonchev–Trinajstić information content (AvgIpc) is 3.48. The highest BCUT2D eigenvalue weighted by Crippen LogP contribution is 2.37. The van der Waals surface area contributed by atoms with Crippen LogP contribution in [0.1, 0.15) is 19.4 Å². The Morgan fingerprint density at radius 2 is 1.79 bits per heavy atom. The van der Waals surface area contributed by atoms with E-state index in [9.17, 15) is 5.26 Å². The highest BCUT2D eigenvalue weighted by molar-refractivity contribution is 7.21. The molecule has 6 aromatic rings. The number of hydrogen-bond acceptors (Lipinski definition) is 5. The predicted molar refractivity (Wildman–Crippen MR) is 134 cm³/mol. The van der Waals surface area contributed by atoms with Gasteiger partial charge in [0.25, 0.3) is 0 Å². The average molecular weight is 446 g/mol. The number of benzene rings is 2. The van der Waals surface area contributed by atoms with Crippen molar-refractivity contribution in [1.29, 1.82) is 5.26 Å². The number of rotatable bonds is 3. The van der Waals surface area contributed by atoms with E-state index in [-0.39, 0.29) is 0 Å². The monoisotopic (exact) mass is 445 g/mol. The topological polar surface area (TPSA) is 78.2 Å². The molecule has 4 aromatic heterocycles. The van der Waals surface area contributed by atoms with E-state index in [0.29, 0.717) is 0 Å². The Morgan fingerprint density at radius 1 is 0.970 bits per heavy atom. The number of thiophene rings is 1. The van der Waals surface area contributed by atoms with E-state index in [4.69, 9.17) is 0 Å². The molecule has 0 saturated carbocycles. The number of nitrogens with zero attached hydrogens (tertiary/aromatic N) is 4. The van der Waals surface area contributed by atoms with Gasteiger partial charge < -0.3 is 0 Å². The Morgan fingerprint density at radius 3 is 2.58 bits per heavy atom. The van der Waals surface area contributed by atoms with E-state index in [1.54, 1.807) is 11.3 Å². The normalized spacial score (nSPS) is 11.9. The second kappa shape index (κ2) is 7.22. The molecule has 6 heteroatoms. The molecule has 0 fully saturated rings. The molecule has 0 saturated heterocycles. The summed E-state index contributed by atoms with van der Waals surface area (Å²) in [6.07, 6.45) is 3.67. The molecule has 0 aliphatic rings. The molecule has 0 radical (unpaired) electrons. The summed E-state index contributed by atoms with van der Waals surface area (Å²) in [5.74, 6) is 0. The first-order valence-electron chi connectivity index (χ1n) is 10.7. The number of nitriles is 1. The summed E-state index contributed by atoms with van der Waals surface area (Å²) < 4.78 is 0. The second-order valence-electron chi connectivity index (χ2n) is 8.67. The lowest BCUT2D eigenvalue weighted by Crippen LogP contribution is -2.13.